The van der Waals surface area contributed by atoms with Gasteiger partial charge in [-0.1, -0.05) is 24.3 Å². The van der Waals surface area contributed by atoms with E-state index in [0.29, 0.717) is 36.2 Å². The molecular formula is C27H29NO5. The fourth-order valence-electron chi connectivity index (χ4n) is 4.33. The van der Waals surface area contributed by atoms with Crippen LogP contribution in [0.15, 0.2) is 60.7 Å². The molecular weight excluding hydrogens is 418 g/mol. The predicted octanol–water partition coefficient (Wildman–Crippen LogP) is 5.18. The van der Waals surface area contributed by atoms with E-state index in [2.05, 4.69) is 0 Å². The van der Waals surface area contributed by atoms with E-state index in [1.807, 2.05) is 79.4 Å². The largest absolute Gasteiger partial charge is 0.493 e. The summed E-state index contributed by atoms with van der Waals surface area (Å²) in [5, 5.41) is 0. The minimum Gasteiger partial charge on any atom is -0.493 e. The molecule has 0 N–H and O–H groups in total. The Balaban J connectivity index is 1.94. The molecule has 0 radical (unpaired) electrons. The van der Waals surface area contributed by atoms with Crippen LogP contribution < -0.4 is 23.8 Å². The van der Waals surface area contributed by atoms with Crippen molar-refractivity contribution in [3.05, 3.63) is 77.4 Å². The predicted molar refractivity (Wildman–Crippen MR) is 128 cm³/mol. The number of nitrogens with zero attached hydrogens (tertiary/aromatic N) is 1. The Kier molecular flexibility index (Phi) is 6.73. The van der Waals surface area contributed by atoms with Gasteiger partial charge in [-0.2, -0.15) is 0 Å². The van der Waals surface area contributed by atoms with Crippen LogP contribution in [-0.2, 0) is 11.2 Å². The Morgan fingerprint density at radius 2 is 1.48 bits per heavy atom. The highest BCUT2D eigenvalue weighted by molar-refractivity contribution is 5.98. The average Bonchev–Trinajstić information content (AvgIpc) is 2.84. The van der Waals surface area contributed by atoms with E-state index in [1.165, 1.54) is 0 Å². The summed E-state index contributed by atoms with van der Waals surface area (Å²) in [6.07, 6.45) is 0.278. The number of fused-ring (bicyclic) bond motifs is 1. The summed E-state index contributed by atoms with van der Waals surface area (Å²) >= 11 is 0. The highest BCUT2D eigenvalue weighted by Gasteiger charge is 2.36. The van der Waals surface area contributed by atoms with Gasteiger partial charge in [0.05, 0.1) is 39.9 Å². The zero-order valence-corrected chi connectivity index (χ0v) is 19.5. The molecule has 6 nitrogen and oxygen atoms in total. The summed E-state index contributed by atoms with van der Waals surface area (Å²) < 4.78 is 22.7. The van der Waals surface area contributed by atoms with Gasteiger partial charge in [0.2, 0.25) is 5.91 Å². The van der Waals surface area contributed by atoms with Crippen LogP contribution in [0.25, 0.3) is 0 Å². The van der Waals surface area contributed by atoms with E-state index in [0.717, 1.165) is 22.4 Å². The number of benzene rings is 3. The summed E-state index contributed by atoms with van der Waals surface area (Å²) in [6.45, 7) is 4.91. The fraction of sp³-hybridized carbons (Fsp3) is 0.296. The first kappa shape index (κ1) is 22.5. The van der Waals surface area contributed by atoms with Crippen molar-refractivity contribution in [1.82, 2.24) is 0 Å². The third kappa shape index (κ3) is 4.33. The number of hydrogen-bond acceptors (Lipinski definition) is 5. The van der Waals surface area contributed by atoms with Crippen molar-refractivity contribution in [3.63, 3.8) is 0 Å². The summed E-state index contributed by atoms with van der Waals surface area (Å²) in [7, 11) is 3.22. The first-order valence-corrected chi connectivity index (χ1v) is 11.1. The molecule has 0 spiro atoms. The molecule has 6 heteroatoms. The molecule has 3 aromatic rings. The Labute approximate surface area is 194 Å². The van der Waals surface area contributed by atoms with E-state index in [1.54, 1.807) is 14.2 Å². The molecule has 0 saturated carbocycles. The van der Waals surface area contributed by atoms with Crippen LogP contribution in [0.5, 0.6) is 23.0 Å². The number of carbonyl (C=O) groups is 1. The van der Waals surface area contributed by atoms with Gasteiger partial charge >= 0.3 is 0 Å². The number of carbonyl (C=O) groups excluding carboxylic acids is 1. The highest BCUT2D eigenvalue weighted by atomic mass is 16.5. The van der Waals surface area contributed by atoms with Gasteiger partial charge in [0.15, 0.2) is 23.0 Å². The topological polar surface area (TPSA) is 57.2 Å². The smallest absolute Gasteiger partial charge is 0.232 e. The standard InChI is InChI=1S/C27H29NO5/c1-5-32-24-15-19-16-26(29)28(20-10-8-7-9-11-20)27(21(19)17-25(24)33-6-2)18-12-13-22(30-3)23(14-18)31-4/h7-15,17,27H,5-6,16H2,1-4H3. The number of anilines is 1. The number of methoxy groups -OCH3 is 2. The van der Waals surface area contributed by atoms with Crippen molar-refractivity contribution >= 4 is 11.6 Å². The van der Waals surface area contributed by atoms with Gasteiger partial charge in [0.25, 0.3) is 0 Å². The SMILES string of the molecule is CCOc1cc2c(cc1OCC)C(c1ccc(OC)c(OC)c1)N(c1ccccc1)C(=O)C2. The zero-order chi connectivity index (χ0) is 23.4. The van der Waals surface area contributed by atoms with Crippen LogP contribution in [-0.4, -0.2) is 33.3 Å². The number of para-hydroxylation sites is 1. The van der Waals surface area contributed by atoms with Crippen LogP contribution >= 0.6 is 0 Å². The lowest BCUT2D eigenvalue weighted by Crippen LogP contribution is -2.41. The second kappa shape index (κ2) is 9.86. The van der Waals surface area contributed by atoms with Crippen molar-refractivity contribution in [2.75, 3.05) is 32.3 Å². The van der Waals surface area contributed by atoms with Crippen molar-refractivity contribution in [2.24, 2.45) is 0 Å². The number of rotatable bonds is 8. The van der Waals surface area contributed by atoms with Crippen molar-refractivity contribution in [1.29, 1.82) is 0 Å². The zero-order valence-electron chi connectivity index (χ0n) is 19.5. The molecule has 172 valence electrons. The maximum absolute atomic E-state index is 13.5. The van der Waals surface area contributed by atoms with Gasteiger partial charge in [0.1, 0.15) is 0 Å². The van der Waals surface area contributed by atoms with Crippen molar-refractivity contribution in [3.8, 4) is 23.0 Å². The van der Waals surface area contributed by atoms with Gasteiger partial charge in [-0.3, -0.25) is 4.79 Å². The van der Waals surface area contributed by atoms with Crippen LogP contribution in [0, 0.1) is 0 Å². The average molecular weight is 448 g/mol. The first-order chi connectivity index (χ1) is 16.1. The minimum absolute atomic E-state index is 0.0140. The third-order valence-electron chi connectivity index (χ3n) is 5.73. The van der Waals surface area contributed by atoms with Crippen LogP contribution in [0.4, 0.5) is 5.69 Å². The Morgan fingerprint density at radius 1 is 0.818 bits per heavy atom. The Hall–Kier alpha value is -3.67. The lowest BCUT2D eigenvalue weighted by molar-refractivity contribution is -0.118. The molecule has 1 aliphatic rings. The van der Waals surface area contributed by atoms with Gasteiger partial charge in [-0.25, -0.2) is 0 Å². The van der Waals surface area contributed by atoms with Crippen molar-refractivity contribution < 1.29 is 23.7 Å². The van der Waals surface area contributed by atoms with E-state index in [-0.39, 0.29) is 18.4 Å². The van der Waals surface area contributed by atoms with E-state index in [4.69, 9.17) is 18.9 Å². The van der Waals surface area contributed by atoms with Crippen LogP contribution in [0.2, 0.25) is 0 Å². The molecule has 0 aromatic heterocycles. The summed E-state index contributed by atoms with van der Waals surface area (Å²) in [5.41, 5.74) is 3.67. The Morgan fingerprint density at radius 3 is 2.12 bits per heavy atom. The maximum Gasteiger partial charge on any atom is 0.232 e. The molecule has 0 fully saturated rings. The molecule has 1 unspecified atom stereocenters. The fourth-order valence-corrected chi connectivity index (χ4v) is 4.33. The van der Waals surface area contributed by atoms with Gasteiger partial charge in [0, 0.05) is 5.69 Å². The van der Waals surface area contributed by atoms with Gasteiger partial charge in [-0.15, -0.1) is 0 Å². The van der Waals surface area contributed by atoms with E-state index < -0.39 is 0 Å². The van der Waals surface area contributed by atoms with Crippen LogP contribution in [0.1, 0.15) is 36.6 Å². The molecule has 33 heavy (non-hydrogen) atoms. The molecule has 0 aliphatic carbocycles. The second-order valence-electron chi connectivity index (χ2n) is 7.66. The van der Waals surface area contributed by atoms with Crippen molar-refractivity contribution in [2.45, 2.75) is 26.3 Å². The summed E-state index contributed by atoms with van der Waals surface area (Å²) in [4.78, 5) is 15.3. The lowest BCUT2D eigenvalue weighted by atomic mass is 9.86. The van der Waals surface area contributed by atoms with Crippen LogP contribution in [0.3, 0.4) is 0 Å². The molecule has 0 bridgehead atoms. The molecule has 4 rings (SSSR count). The third-order valence-corrected chi connectivity index (χ3v) is 5.73. The quantitative estimate of drug-likeness (QED) is 0.476. The Bertz CT molecular complexity index is 1130. The number of amides is 1. The minimum atomic E-state index is -0.363. The number of hydrogen-bond donors (Lipinski definition) is 0. The maximum atomic E-state index is 13.5. The lowest BCUT2D eigenvalue weighted by Gasteiger charge is -2.38. The monoisotopic (exact) mass is 447 g/mol. The van der Waals surface area contributed by atoms with Gasteiger partial charge in [-0.05, 0) is 66.9 Å². The molecule has 1 aliphatic heterocycles. The first-order valence-electron chi connectivity index (χ1n) is 11.1. The second-order valence-corrected chi connectivity index (χ2v) is 7.66. The summed E-state index contributed by atoms with van der Waals surface area (Å²) in [6, 6.07) is 19.1. The molecule has 1 heterocycles. The molecule has 1 atom stereocenters. The highest BCUT2D eigenvalue weighted by Crippen LogP contribution is 2.44. The van der Waals surface area contributed by atoms with E-state index >= 15 is 0 Å². The molecule has 1 amide bonds. The van der Waals surface area contributed by atoms with E-state index in [9.17, 15) is 4.79 Å². The molecule has 3 aromatic carbocycles. The van der Waals surface area contributed by atoms with Gasteiger partial charge < -0.3 is 23.8 Å². The summed E-state index contributed by atoms with van der Waals surface area (Å²) in [5.74, 6) is 2.59. The normalized spacial score (nSPS) is 15.1. The number of ether oxygens (including phenoxy) is 4. The molecule has 0 saturated heterocycles.